The fourth-order valence-electron chi connectivity index (χ4n) is 1.83. The molecule has 4 nitrogen and oxygen atoms in total. The second-order valence-corrected chi connectivity index (χ2v) is 6.52. The summed E-state index contributed by atoms with van der Waals surface area (Å²) in [7, 11) is 1.73. The molecule has 1 rings (SSSR count). The predicted molar refractivity (Wildman–Crippen MR) is 86.7 cm³/mol. The highest BCUT2D eigenvalue weighted by Gasteiger charge is 2.16. The van der Waals surface area contributed by atoms with Gasteiger partial charge in [-0.05, 0) is 33.2 Å². The summed E-state index contributed by atoms with van der Waals surface area (Å²) < 4.78 is 11.4. The zero-order valence-corrected chi connectivity index (χ0v) is 14.3. The van der Waals surface area contributed by atoms with Gasteiger partial charge in [0.25, 0.3) is 0 Å². The van der Waals surface area contributed by atoms with Gasteiger partial charge in [-0.2, -0.15) is 0 Å². The molecule has 0 unspecified atom stereocenters. The van der Waals surface area contributed by atoms with Gasteiger partial charge in [0.2, 0.25) is 0 Å². The lowest BCUT2D eigenvalue weighted by atomic mass is 10.1. The number of hydrogen-bond acceptors (Lipinski definition) is 4. The lowest BCUT2D eigenvalue weighted by Gasteiger charge is -2.23. The van der Waals surface area contributed by atoms with Crippen LogP contribution in [-0.2, 0) is 11.3 Å². The van der Waals surface area contributed by atoms with E-state index in [0.29, 0.717) is 12.5 Å². The molecule has 4 heteroatoms. The maximum absolute atomic E-state index is 5.95. The van der Waals surface area contributed by atoms with Gasteiger partial charge < -0.3 is 14.8 Å². The molecular formula is C17H30N2O2. The second kappa shape index (κ2) is 8.35. The van der Waals surface area contributed by atoms with E-state index in [9.17, 15) is 0 Å². The molecule has 1 heterocycles. The minimum Gasteiger partial charge on any atom is -0.493 e. The first-order valence-electron chi connectivity index (χ1n) is 7.68. The lowest BCUT2D eigenvalue weighted by Crippen LogP contribution is -2.25. The highest BCUT2D eigenvalue weighted by atomic mass is 16.5. The van der Waals surface area contributed by atoms with Crippen molar-refractivity contribution in [2.45, 2.75) is 53.2 Å². The quantitative estimate of drug-likeness (QED) is 0.758. The van der Waals surface area contributed by atoms with Crippen LogP contribution in [0.5, 0.6) is 5.75 Å². The minimum atomic E-state index is -0.155. The zero-order chi connectivity index (χ0) is 15.9. The zero-order valence-electron chi connectivity index (χ0n) is 14.3. The number of nitrogens with one attached hydrogen (secondary N) is 1. The third-order valence-corrected chi connectivity index (χ3v) is 3.46. The normalized spacial score (nSPS) is 12.0. The average molecular weight is 294 g/mol. The first-order chi connectivity index (χ1) is 9.84. The molecule has 0 aliphatic rings. The summed E-state index contributed by atoms with van der Waals surface area (Å²) in [6.07, 6.45) is 2.75. The van der Waals surface area contributed by atoms with Gasteiger partial charge in [-0.15, -0.1) is 0 Å². The molecular weight excluding hydrogens is 264 g/mol. The van der Waals surface area contributed by atoms with E-state index in [1.54, 1.807) is 7.11 Å². The summed E-state index contributed by atoms with van der Waals surface area (Å²) in [4.78, 5) is 4.37. The molecule has 0 amide bonds. The van der Waals surface area contributed by atoms with E-state index < -0.39 is 0 Å². The van der Waals surface area contributed by atoms with Crippen molar-refractivity contribution in [3.8, 4) is 5.75 Å². The third-order valence-electron chi connectivity index (χ3n) is 3.46. The Hall–Kier alpha value is -1.13. The molecule has 1 aromatic heterocycles. The molecule has 0 atom stereocenters. The first kappa shape index (κ1) is 17.9. The number of pyridine rings is 1. The Balaban J connectivity index is 2.60. The summed E-state index contributed by atoms with van der Waals surface area (Å²) in [5, 5.41) is 3.43. The van der Waals surface area contributed by atoms with Crippen molar-refractivity contribution in [3.05, 3.63) is 23.5 Å². The largest absolute Gasteiger partial charge is 0.493 e. The summed E-state index contributed by atoms with van der Waals surface area (Å²) in [6.45, 7) is 12.9. The van der Waals surface area contributed by atoms with Gasteiger partial charge in [0, 0.05) is 43.6 Å². The predicted octanol–water partition coefficient (Wildman–Crippen LogP) is 3.33. The maximum Gasteiger partial charge on any atom is 0.127 e. The van der Waals surface area contributed by atoms with Gasteiger partial charge in [0.05, 0.1) is 12.2 Å². The highest BCUT2D eigenvalue weighted by Crippen LogP contribution is 2.20. The van der Waals surface area contributed by atoms with Crippen LogP contribution in [-0.4, -0.2) is 30.8 Å². The van der Waals surface area contributed by atoms with Crippen molar-refractivity contribution in [1.29, 1.82) is 0 Å². The molecule has 0 saturated carbocycles. The monoisotopic (exact) mass is 294 g/mol. The summed E-state index contributed by atoms with van der Waals surface area (Å²) >= 11 is 0. The van der Waals surface area contributed by atoms with E-state index in [-0.39, 0.29) is 5.60 Å². The van der Waals surface area contributed by atoms with Crippen LogP contribution in [0.4, 0.5) is 0 Å². The number of ether oxygens (including phenoxy) is 2. The van der Waals surface area contributed by atoms with Crippen LogP contribution in [0.3, 0.4) is 0 Å². The van der Waals surface area contributed by atoms with E-state index in [0.717, 1.165) is 36.5 Å². The number of aryl methyl sites for hydroxylation is 1. The van der Waals surface area contributed by atoms with Crippen LogP contribution in [0.25, 0.3) is 0 Å². The van der Waals surface area contributed by atoms with E-state index in [1.807, 2.05) is 19.2 Å². The fourth-order valence-corrected chi connectivity index (χ4v) is 1.83. The minimum absolute atomic E-state index is 0.155. The first-order valence-corrected chi connectivity index (χ1v) is 7.68. The molecule has 0 radical (unpaired) electrons. The van der Waals surface area contributed by atoms with Crippen molar-refractivity contribution in [3.63, 3.8) is 0 Å². The molecule has 0 spiro atoms. The molecule has 120 valence electrons. The standard InChI is InChI=1S/C17H30N2O2/c1-13(2)10-18-11-15-12-19-14(3)9-16(15)21-8-7-17(4,5)20-6/h9,12-13,18H,7-8,10-11H2,1-6H3. The Morgan fingerprint density at radius 3 is 2.67 bits per heavy atom. The maximum atomic E-state index is 5.95. The third kappa shape index (κ3) is 6.91. The van der Waals surface area contributed by atoms with Crippen molar-refractivity contribution >= 4 is 0 Å². The Bertz CT molecular complexity index is 431. The molecule has 0 aromatic carbocycles. The molecule has 0 aliphatic carbocycles. The summed E-state index contributed by atoms with van der Waals surface area (Å²) in [6, 6.07) is 2.01. The number of methoxy groups -OCH3 is 1. The SMILES string of the molecule is COC(C)(C)CCOc1cc(C)ncc1CNCC(C)C. The van der Waals surface area contributed by atoms with Gasteiger partial charge in [-0.3, -0.25) is 4.98 Å². The lowest BCUT2D eigenvalue weighted by molar-refractivity contribution is 0.00536. The van der Waals surface area contributed by atoms with Gasteiger partial charge in [-0.1, -0.05) is 13.8 Å². The molecule has 0 fully saturated rings. The van der Waals surface area contributed by atoms with Crippen LogP contribution in [0.2, 0.25) is 0 Å². The Labute approximate surface area is 129 Å². The molecule has 0 aliphatic heterocycles. The second-order valence-electron chi connectivity index (χ2n) is 6.52. The molecule has 0 bridgehead atoms. The van der Waals surface area contributed by atoms with Crippen LogP contribution in [0.1, 0.15) is 45.4 Å². The molecule has 0 saturated heterocycles. The van der Waals surface area contributed by atoms with E-state index >= 15 is 0 Å². The average Bonchev–Trinajstić information content (AvgIpc) is 2.40. The van der Waals surface area contributed by atoms with E-state index in [4.69, 9.17) is 9.47 Å². The number of hydrogen-bond donors (Lipinski definition) is 1. The highest BCUT2D eigenvalue weighted by molar-refractivity contribution is 5.32. The van der Waals surface area contributed by atoms with Crippen molar-refractivity contribution < 1.29 is 9.47 Å². The number of aromatic nitrogens is 1. The number of nitrogens with zero attached hydrogens (tertiary/aromatic N) is 1. The topological polar surface area (TPSA) is 43.4 Å². The van der Waals surface area contributed by atoms with E-state index in [2.05, 4.69) is 38.0 Å². The molecule has 1 aromatic rings. The Morgan fingerprint density at radius 2 is 2.05 bits per heavy atom. The van der Waals surface area contributed by atoms with Crippen molar-refractivity contribution in [2.24, 2.45) is 5.92 Å². The smallest absolute Gasteiger partial charge is 0.127 e. The van der Waals surface area contributed by atoms with Gasteiger partial charge in [-0.25, -0.2) is 0 Å². The number of rotatable bonds is 9. The van der Waals surface area contributed by atoms with Gasteiger partial charge >= 0.3 is 0 Å². The summed E-state index contributed by atoms with van der Waals surface area (Å²) in [5.41, 5.74) is 1.93. The van der Waals surface area contributed by atoms with Crippen LogP contribution >= 0.6 is 0 Å². The molecule has 21 heavy (non-hydrogen) atoms. The van der Waals surface area contributed by atoms with Crippen LogP contribution < -0.4 is 10.1 Å². The Morgan fingerprint density at radius 1 is 1.33 bits per heavy atom. The molecule has 1 N–H and O–H groups in total. The fraction of sp³-hybridized carbons (Fsp3) is 0.706. The van der Waals surface area contributed by atoms with Gasteiger partial charge in [0.1, 0.15) is 5.75 Å². The summed E-state index contributed by atoms with van der Waals surface area (Å²) in [5.74, 6) is 1.56. The van der Waals surface area contributed by atoms with Crippen LogP contribution in [0, 0.1) is 12.8 Å². The van der Waals surface area contributed by atoms with E-state index in [1.165, 1.54) is 0 Å². The van der Waals surface area contributed by atoms with Crippen molar-refractivity contribution in [1.82, 2.24) is 10.3 Å². The van der Waals surface area contributed by atoms with Crippen LogP contribution in [0.15, 0.2) is 12.3 Å². The Kier molecular flexibility index (Phi) is 7.12. The van der Waals surface area contributed by atoms with Crippen molar-refractivity contribution in [2.75, 3.05) is 20.3 Å². The van der Waals surface area contributed by atoms with Gasteiger partial charge in [0.15, 0.2) is 0 Å².